The Morgan fingerprint density at radius 2 is 2.24 bits per heavy atom. The van der Waals surface area contributed by atoms with Crippen molar-refractivity contribution in [2.45, 2.75) is 13.0 Å². The van der Waals surface area contributed by atoms with Crippen LogP contribution in [0.5, 0.6) is 0 Å². The van der Waals surface area contributed by atoms with Crippen molar-refractivity contribution in [3.05, 3.63) is 42.4 Å². The quantitative estimate of drug-likeness (QED) is 0.773. The molecule has 3 aromatic rings. The fourth-order valence-electron chi connectivity index (χ4n) is 2.03. The van der Waals surface area contributed by atoms with Gasteiger partial charge in [0.25, 0.3) is 5.89 Å². The van der Waals surface area contributed by atoms with E-state index in [1.165, 1.54) is 0 Å². The first-order chi connectivity index (χ1) is 10.3. The molecule has 1 unspecified atom stereocenters. The summed E-state index contributed by atoms with van der Waals surface area (Å²) in [4.78, 5) is 8.62. The molecule has 0 amide bonds. The first-order valence-electron chi connectivity index (χ1n) is 6.80. The van der Waals surface area contributed by atoms with Gasteiger partial charge in [0.15, 0.2) is 5.82 Å². The smallest absolute Gasteiger partial charge is 0.258 e. The van der Waals surface area contributed by atoms with E-state index in [1.54, 1.807) is 6.20 Å². The van der Waals surface area contributed by atoms with E-state index in [-0.39, 0.29) is 6.04 Å². The van der Waals surface area contributed by atoms with Crippen LogP contribution in [0.25, 0.3) is 22.4 Å². The first kappa shape index (κ1) is 13.7. The van der Waals surface area contributed by atoms with E-state index in [2.05, 4.69) is 15.1 Å². The topological polar surface area (TPSA) is 87.1 Å². The summed E-state index contributed by atoms with van der Waals surface area (Å²) in [6.07, 6.45) is 1.76. The summed E-state index contributed by atoms with van der Waals surface area (Å²) in [6.45, 7) is 2.89. The average Bonchev–Trinajstić information content (AvgIpc) is 3.02. The van der Waals surface area contributed by atoms with Gasteiger partial charge in [-0.05, 0) is 31.2 Å². The maximum atomic E-state index is 5.94. The molecule has 6 heteroatoms. The molecule has 2 N–H and O–H groups in total. The SMILES string of the molecule is CCOCC(N)c1noc(-c2ccc3ncccc3c2)n1. The summed E-state index contributed by atoms with van der Waals surface area (Å²) in [5, 5.41) is 4.94. The number of nitrogens with two attached hydrogens (primary N) is 1. The molecule has 1 aromatic carbocycles. The third-order valence-corrected chi connectivity index (χ3v) is 3.12. The zero-order chi connectivity index (χ0) is 14.7. The lowest BCUT2D eigenvalue weighted by molar-refractivity contribution is 0.130. The minimum absolute atomic E-state index is 0.372. The summed E-state index contributed by atoms with van der Waals surface area (Å²) in [6, 6.07) is 9.29. The number of nitrogens with zero attached hydrogens (tertiary/aromatic N) is 3. The van der Waals surface area contributed by atoms with Crippen LogP contribution in [0.3, 0.4) is 0 Å². The van der Waals surface area contributed by atoms with E-state index >= 15 is 0 Å². The maximum absolute atomic E-state index is 5.94. The summed E-state index contributed by atoms with van der Waals surface area (Å²) < 4.78 is 10.6. The Bertz CT molecular complexity index is 741. The average molecular weight is 284 g/mol. The summed E-state index contributed by atoms with van der Waals surface area (Å²) in [5.41, 5.74) is 7.71. The van der Waals surface area contributed by atoms with E-state index in [4.69, 9.17) is 15.0 Å². The Morgan fingerprint density at radius 3 is 3.10 bits per heavy atom. The standard InChI is InChI=1S/C15H16N4O2/c1-2-20-9-12(16)14-18-15(21-19-14)11-5-6-13-10(8-11)4-3-7-17-13/h3-8,12H,2,9,16H2,1H3. The minimum Gasteiger partial charge on any atom is -0.380 e. The Morgan fingerprint density at radius 1 is 1.33 bits per heavy atom. The molecule has 0 saturated carbocycles. The molecule has 0 radical (unpaired) electrons. The highest BCUT2D eigenvalue weighted by molar-refractivity contribution is 5.82. The zero-order valence-corrected chi connectivity index (χ0v) is 11.7. The van der Waals surface area contributed by atoms with Gasteiger partial charge >= 0.3 is 0 Å². The minimum atomic E-state index is -0.385. The number of hydrogen-bond acceptors (Lipinski definition) is 6. The summed E-state index contributed by atoms with van der Waals surface area (Å²) in [5.74, 6) is 0.896. The predicted molar refractivity (Wildman–Crippen MR) is 78.5 cm³/mol. The monoisotopic (exact) mass is 284 g/mol. The van der Waals surface area contributed by atoms with Crippen molar-refractivity contribution >= 4 is 10.9 Å². The van der Waals surface area contributed by atoms with Gasteiger partial charge in [0.1, 0.15) is 0 Å². The lowest BCUT2D eigenvalue weighted by Gasteiger charge is -2.05. The molecule has 1 atom stereocenters. The molecule has 0 aliphatic rings. The van der Waals surface area contributed by atoms with Gasteiger partial charge < -0.3 is 15.0 Å². The van der Waals surface area contributed by atoms with E-state index < -0.39 is 0 Å². The van der Waals surface area contributed by atoms with Crippen molar-refractivity contribution in [2.75, 3.05) is 13.2 Å². The lowest BCUT2D eigenvalue weighted by Crippen LogP contribution is -2.18. The third kappa shape index (κ3) is 2.91. The van der Waals surface area contributed by atoms with Crippen molar-refractivity contribution in [3.63, 3.8) is 0 Å². The number of aromatic nitrogens is 3. The molecule has 6 nitrogen and oxygen atoms in total. The maximum Gasteiger partial charge on any atom is 0.258 e. The molecule has 0 aliphatic heterocycles. The number of pyridine rings is 1. The highest BCUT2D eigenvalue weighted by atomic mass is 16.5. The van der Waals surface area contributed by atoms with Crippen LogP contribution in [-0.2, 0) is 4.74 Å². The van der Waals surface area contributed by atoms with E-state index in [0.717, 1.165) is 16.5 Å². The molecule has 0 fully saturated rings. The van der Waals surface area contributed by atoms with Crippen LogP contribution < -0.4 is 5.73 Å². The number of fused-ring (bicyclic) bond motifs is 1. The second-order valence-electron chi connectivity index (χ2n) is 4.63. The molecule has 21 heavy (non-hydrogen) atoms. The molecular weight excluding hydrogens is 268 g/mol. The number of rotatable bonds is 5. The fourth-order valence-corrected chi connectivity index (χ4v) is 2.03. The highest BCUT2D eigenvalue weighted by Gasteiger charge is 2.15. The van der Waals surface area contributed by atoms with E-state index in [9.17, 15) is 0 Å². The van der Waals surface area contributed by atoms with Gasteiger partial charge in [-0.15, -0.1) is 0 Å². The van der Waals surface area contributed by atoms with Crippen LogP contribution in [0.2, 0.25) is 0 Å². The van der Waals surface area contributed by atoms with Gasteiger partial charge in [0.05, 0.1) is 18.2 Å². The van der Waals surface area contributed by atoms with Gasteiger partial charge in [-0.2, -0.15) is 4.98 Å². The van der Waals surface area contributed by atoms with Gasteiger partial charge in [-0.25, -0.2) is 0 Å². The molecule has 0 spiro atoms. The van der Waals surface area contributed by atoms with Crippen LogP contribution in [-0.4, -0.2) is 28.3 Å². The Balaban J connectivity index is 1.87. The van der Waals surface area contributed by atoms with Crippen LogP contribution in [0.1, 0.15) is 18.8 Å². The van der Waals surface area contributed by atoms with Crippen LogP contribution in [0.15, 0.2) is 41.1 Å². The molecule has 3 rings (SSSR count). The Hall–Kier alpha value is -2.31. The van der Waals surface area contributed by atoms with Gasteiger partial charge in [-0.3, -0.25) is 4.98 Å². The van der Waals surface area contributed by atoms with Crippen molar-refractivity contribution in [2.24, 2.45) is 5.73 Å². The second-order valence-corrected chi connectivity index (χ2v) is 4.63. The predicted octanol–water partition coefficient (Wildman–Crippen LogP) is 2.32. The van der Waals surface area contributed by atoms with Crippen LogP contribution >= 0.6 is 0 Å². The number of benzene rings is 1. The molecular formula is C15H16N4O2. The molecule has 108 valence electrons. The van der Waals surface area contributed by atoms with E-state index in [1.807, 2.05) is 37.3 Å². The molecule has 2 heterocycles. The summed E-state index contributed by atoms with van der Waals surface area (Å²) in [7, 11) is 0. The second kappa shape index (κ2) is 5.99. The third-order valence-electron chi connectivity index (χ3n) is 3.12. The fraction of sp³-hybridized carbons (Fsp3) is 0.267. The molecule has 2 aromatic heterocycles. The first-order valence-corrected chi connectivity index (χ1v) is 6.80. The number of ether oxygens (including phenoxy) is 1. The Labute approximate surface area is 121 Å². The molecule has 0 aliphatic carbocycles. The highest BCUT2D eigenvalue weighted by Crippen LogP contribution is 2.22. The molecule has 0 saturated heterocycles. The number of hydrogen-bond donors (Lipinski definition) is 1. The van der Waals surface area contributed by atoms with Crippen molar-refractivity contribution in [1.29, 1.82) is 0 Å². The zero-order valence-electron chi connectivity index (χ0n) is 11.7. The van der Waals surface area contributed by atoms with Crippen molar-refractivity contribution in [1.82, 2.24) is 15.1 Å². The van der Waals surface area contributed by atoms with E-state index in [0.29, 0.717) is 24.9 Å². The van der Waals surface area contributed by atoms with Gasteiger partial charge in [-0.1, -0.05) is 11.2 Å². The van der Waals surface area contributed by atoms with Crippen molar-refractivity contribution in [3.8, 4) is 11.5 Å². The van der Waals surface area contributed by atoms with Gasteiger partial charge in [0, 0.05) is 23.8 Å². The normalized spacial score (nSPS) is 12.7. The van der Waals surface area contributed by atoms with Crippen molar-refractivity contribution < 1.29 is 9.26 Å². The lowest BCUT2D eigenvalue weighted by atomic mass is 10.1. The van der Waals surface area contributed by atoms with Crippen LogP contribution in [0.4, 0.5) is 0 Å². The summed E-state index contributed by atoms with van der Waals surface area (Å²) >= 11 is 0. The Kier molecular flexibility index (Phi) is 3.89. The van der Waals surface area contributed by atoms with Crippen LogP contribution in [0, 0.1) is 0 Å². The molecule has 0 bridgehead atoms. The van der Waals surface area contributed by atoms with Gasteiger partial charge in [0.2, 0.25) is 0 Å². The largest absolute Gasteiger partial charge is 0.380 e.